The number of carbonyl (C=O) groups is 1. The van der Waals surface area contributed by atoms with E-state index >= 15 is 0 Å². The minimum atomic E-state index is -0.896. The van der Waals surface area contributed by atoms with Gasteiger partial charge in [0.2, 0.25) is 0 Å². The number of Topliss-reactive ketones (excluding diaryl/α,β-unsaturated/α-hetero) is 1. The Morgan fingerprint density at radius 3 is 2.62 bits per heavy atom. The number of aromatic amines is 1. The van der Waals surface area contributed by atoms with Crippen LogP contribution in [0.2, 0.25) is 0 Å². The Kier molecular flexibility index (Phi) is 3.08. The fourth-order valence-electron chi connectivity index (χ4n) is 3.51. The molecule has 0 aliphatic carbocycles. The molecule has 2 aliphatic heterocycles. The predicted octanol–water partition coefficient (Wildman–Crippen LogP) is 1.90. The van der Waals surface area contributed by atoms with Crippen LogP contribution in [-0.4, -0.2) is 27.8 Å². The van der Waals surface area contributed by atoms with Crippen LogP contribution in [0.5, 0.6) is 0 Å². The van der Waals surface area contributed by atoms with Crippen LogP contribution in [0.4, 0.5) is 5.82 Å². The van der Waals surface area contributed by atoms with E-state index in [9.17, 15) is 9.59 Å². The molecule has 124 valence electrons. The number of ether oxygens (including phenoxy) is 1. The van der Waals surface area contributed by atoms with Crippen LogP contribution < -0.4 is 10.9 Å². The Labute approximate surface area is 139 Å². The quantitative estimate of drug-likeness (QED) is 0.840. The summed E-state index contributed by atoms with van der Waals surface area (Å²) < 4.78 is 7.38. The fourth-order valence-corrected chi connectivity index (χ4v) is 3.51. The molecule has 0 saturated heterocycles. The number of anilines is 1. The van der Waals surface area contributed by atoms with E-state index in [4.69, 9.17) is 4.74 Å². The topological polar surface area (TPSA) is 76.1 Å². The Morgan fingerprint density at radius 1 is 1.21 bits per heavy atom. The number of nitrogens with one attached hydrogen (secondary N) is 2. The number of nitrogens with zero attached hydrogens (tertiary/aromatic N) is 1. The third-order valence-electron chi connectivity index (χ3n) is 4.78. The van der Waals surface area contributed by atoms with Gasteiger partial charge in [-0.15, -0.1) is 0 Å². The summed E-state index contributed by atoms with van der Waals surface area (Å²) in [6.45, 7) is 3.86. The summed E-state index contributed by atoms with van der Waals surface area (Å²) >= 11 is 0. The van der Waals surface area contributed by atoms with E-state index < -0.39 is 11.5 Å². The summed E-state index contributed by atoms with van der Waals surface area (Å²) in [5.41, 5.74) is 1.78. The highest BCUT2D eigenvalue weighted by atomic mass is 16.5. The van der Waals surface area contributed by atoms with Gasteiger partial charge in [-0.3, -0.25) is 19.4 Å². The van der Waals surface area contributed by atoms with E-state index in [0.717, 1.165) is 11.3 Å². The lowest BCUT2D eigenvalue weighted by Gasteiger charge is -2.38. The number of fused-ring (bicyclic) bond motifs is 1. The second kappa shape index (κ2) is 4.95. The molecule has 1 aromatic carbocycles. The van der Waals surface area contributed by atoms with Gasteiger partial charge in [0.05, 0.1) is 17.9 Å². The zero-order valence-electron chi connectivity index (χ0n) is 13.8. The van der Waals surface area contributed by atoms with Crippen molar-refractivity contribution in [2.24, 2.45) is 7.05 Å². The Morgan fingerprint density at radius 2 is 1.92 bits per heavy atom. The first kappa shape index (κ1) is 15.0. The standard InChI is InChI=1S/C18H19N3O3/c1-18(2)15(22)13-11(9-24-18)19-16-14(17(23)20-21(16)3)12(13)10-7-5-4-6-8-10/h4-8,12,19H,9H2,1-3H3,(H,20,23). The number of H-pyrrole nitrogens is 1. The number of hydrogen-bond acceptors (Lipinski definition) is 4. The van der Waals surface area contributed by atoms with Crippen molar-refractivity contribution in [2.45, 2.75) is 25.4 Å². The van der Waals surface area contributed by atoms with Gasteiger partial charge < -0.3 is 10.1 Å². The van der Waals surface area contributed by atoms with E-state index in [1.54, 1.807) is 25.6 Å². The smallest absolute Gasteiger partial charge is 0.270 e. The van der Waals surface area contributed by atoms with Crippen molar-refractivity contribution >= 4 is 11.6 Å². The predicted molar refractivity (Wildman–Crippen MR) is 90.0 cm³/mol. The maximum absolute atomic E-state index is 13.1. The number of carbonyl (C=O) groups excluding carboxylic acids is 1. The first-order chi connectivity index (χ1) is 11.4. The van der Waals surface area contributed by atoms with Crippen molar-refractivity contribution in [1.29, 1.82) is 0 Å². The van der Waals surface area contributed by atoms with Crippen LogP contribution in [0.1, 0.15) is 30.9 Å². The van der Waals surface area contributed by atoms with Crippen molar-refractivity contribution < 1.29 is 9.53 Å². The molecule has 1 aromatic heterocycles. The molecule has 2 N–H and O–H groups in total. The Bertz CT molecular complexity index is 919. The lowest BCUT2D eigenvalue weighted by Crippen LogP contribution is -2.45. The Balaban J connectivity index is 2.00. The molecular weight excluding hydrogens is 306 g/mol. The third-order valence-corrected chi connectivity index (χ3v) is 4.78. The molecule has 2 aromatic rings. The molecule has 0 saturated carbocycles. The maximum atomic E-state index is 13.1. The van der Waals surface area contributed by atoms with E-state index in [1.165, 1.54) is 0 Å². The van der Waals surface area contributed by atoms with Crippen molar-refractivity contribution in [3.05, 3.63) is 63.1 Å². The van der Waals surface area contributed by atoms with Crippen LogP contribution in [0.3, 0.4) is 0 Å². The summed E-state index contributed by atoms with van der Waals surface area (Å²) in [7, 11) is 1.77. The molecule has 3 heterocycles. The summed E-state index contributed by atoms with van der Waals surface area (Å²) in [4.78, 5) is 25.6. The highest BCUT2D eigenvalue weighted by Crippen LogP contribution is 2.43. The van der Waals surface area contributed by atoms with Crippen molar-refractivity contribution in [3.8, 4) is 0 Å². The largest absolute Gasteiger partial charge is 0.361 e. The van der Waals surface area contributed by atoms with Crippen LogP contribution >= 0.6 is 0 Å². The molecule has 2 aliphatic rings. The molecule has 0 bridgehead atoms. The maximum Gasteiger partial charge on any atom is 0.270 e. The number of hydrogen-bond donors (Lipinski definition) is 2. The highest BCUT2D eigenvalue weighted by molar-refractivity contribution is 6.05. The van der Waals surface area contributed by atoms with Crippen LogP contribution in [0, 0.1) is 0 Å². The summed E-state index contributed by atoms with van der Waals surface area (Å²) in [5, 5.41) is 6.00. The first-order valence-corrected chi connectivity index (χ1v) is 7.93. The van der Waals surface area contributed by atoms with Gasteiger partial charge >= 0.3 is 0 Å². The molecule has 6 nitrogen and oxygen atoms in total. The average molecular weight is 325 g/mol. The van der Waals surface area contributed by atoms with Gasteiger partial charge in [0.1, 0.15) is 11.4 Å². The van der Waals surface area contributed by atoms with E-state index in [-0.39, 0.29) is 11.3 Å². The van der Waals surface area contributed by atoms with Gasteiger partial charge in [0.25, 0.3) is 5.56 Å². The van der Waals surface area contributed by atoms with Gasteiger partial charge in [0.15, 0.2) is 5.78 Å². The van der Waals surface area contributed by atoms with Crippen LogP contribution in [0.15, 0.2) is 46.4 Å². The zero-order valence-corrected chi connectivity index (χ0v) is 13.8. The molecule has 6 heteroatoms. The Hall–Kier alpha value is -2.60. The second-order valence-corrected chi connectivity index (χ2v) is 6.75. The van der Waals surface area contributed by atoms with E-state index in [0.29, 0.717) is 23.6 Å². The first-order valence-electron chi connectivity index (χ1n) is 7.93. The molecule has 0 spiro atoms. The highest BCUT2D eigenvalue weighted by Gasteiger charge is 2.45. The molecule has 0 radical (unpaired) electrons. The van der Waals surface area contributed by atoms with Gasteiger partial charge in [0, 0.05) is 18.5 Å². The second-order valence-electron chi connectivity index (χ2n) is 6.75. The summed E-state index contributed by atoms with van der Waals surface area (Å²) in [6, 6.07) is 9.66. The molecule has 1 unspecified atom stereocenters. The SMILES string of the molecule is Cn1[nH]c(=O)c2c1NC1=C(C(=O)C(C)(C)OC1)C2c1ccccc1. The van der Waals surface area contributed by atoms with E-state index in [2.05, 4.69) is 10.4 Å². The zero-order chi connectivity index (χ0) is 17.1. The monoisotopic (exact) mass is 325 g/mol. The number of ketones is 1. The minimum absolute atomic E-state index is 0.0843. The number of rotatable bonds is 1. The van der Waals surface area contributed by atoms with Crippen molar-refractivity contribution in [3.63, 3.8) is 0 Å². The van der Waals surface area contributed by atoms with Crippen molar-refractivity contribution in [2.75, 3.05) is 11.9 Å². The van der Waals surface area contributed by atoms with Crippen molar-refractivity contribution in [1.82, 2.24) is 9.78 Å². The molecule has 0 amide bonds. The molecule has 0 fully saturated rings. The minimum Gasteiger partial charge on any atom is -0.361 e. The number of aromatic nitrogens is 2. The van der Waals surface area contributed by atoms with Gasteiger partial charge in [-0.25, -0.2) is 0 Å². The number of aryl methyl sites for hydroxylation is 1. The van der Waals surface area contributed by atoms with Gasteiger partial charge in [-0.1, -0.05) is 30.3 Å². The average Bonchev–Trinajstić information content (AvgIpc) is 2.85. The van der Waals surface area contributed by atoms with E-state index in [1.807, 2.05) is 30.3 Å². The van der Waals surface area contributed by atoms with Crippen LogP contribution in [0.25, 0.3) is 0 Å². The van der Waals surface area contributed by atoms with Gasteiger partial charge in [-0.2, -0.15) is 0 Å². The molecule has 4 rings (SSSR count). The molecular formula is C18H19N3O3. The lowest BCUT2D eigenvalue weighted by molar-refractivity contribution is -0.137. The van der Waals surface area contributed by atoms with Gasteiger partial charge in [-0.05, 0) is 19.4 Å². The summed E-state index contributed by atoms with van der Waals surface area (Å²) in [5.74, 6) is 0.209. The fraction of sp³-hybridized carbons (Fsp3) is 0.333. The molecule has 24 heavy (non-hydrogen) atoms. The van der Waals surface area contributed by atoms with Crippen LogP contribution in [-0.2, 0) is 16.6 Å². The third kappa shape index (κ3) is 1.99. The lowest BCUT2D eigenvalue weighted by atomic mass is 9.76. The normalized spacial score (nSPS) is 22.0. The molecule has 1 atom stereocenters. The number of benzene rings is 1. The summed E-state index contributed by atoms with van der Waals surface area (Å²) in [6.07, 6.45) is 0.